The Balaban J connectivity index is 1.91. The second kappa shape index (κ2) is 8.06. The summed E-state index contributed by atoms with van der Waals surface area (Å²) in [6.45, 7) is 2.94. The van der Waals surface area contributed by atoms with Crippen molar-refractivity contribution < 1.29 is 0 Å². The highest BCUT2D eigenvalue weighted by atomic mass is 15.1. The van der Waals surface area contributed by atoms with Crippen LogP contribution in [-0.4, -0.2) is 6.54 Å². The summed E-state index contributed by atoms with van der Waals surface area (Å²) in [4.78, 5) is 0. The Morgan fingerprint density at radius 3 is 2.17 bits per heavy atom. The summed E-state index contributed by atoms with van der Waals surface area (Å²) < 4.78 is 0. The van der Waals surface area contributed by atoms with Gasteiger partial charge < -0.3 is 5.32 Å². The Kier molecular flexibility index (Phi) is 5.36. The minimum Gasteiger partial charge on any atom is -0.383 e. The molecule has 0 amide bonds. The SMILES string of the molecule is CCNc1c(Cc2ccccc2)cccc1N=Nc1ccccc1. The van der Waals surface area contributed by atoms with E-state index in [2.05, 4.69) is 52.8 Å². The van der Waals surface area contributed by atoms with Gasteiger partial charge in [0.15, 0.2) is 0 Å². The third-order valence-electron chi connectivity index (χ3n) is 3.75. The molecule has 3 rings (SSSR count). The van der Waals surface area contributed by atoms with Crippen LogP contribution in [0.3, 0.4) is 0 Å². The van der Waals surface area contributed by atoms with Crippen molar-refractivity contribution in [2.45, 2.75) is 13.3 Å². The fourth-order valence-corrected chi connectivity index (χ4v) is 2.62. The van der Waals surface area contributed by atoms with Crippen molar-refractivity contribution in [3.63, 3.8) is 0 Å². The lowest BCUT2D eigenvalue weighted by Crippen LogP contribution is -2.01. The predicted octanol–water partition coefficient (Wildman–Crippen LogP) is 6.12. The van der Waals surface area contributed by atoms with Gasteiger partial charge in [-0.2, -0.15) is 5.11 Å². The molecule has 3 aromatic carbocycles. The molecular weight excluding hydrogens is 294 g/mol. The van der Waals surface area contributed by atoms with Crippen molar-refractivity contribution in [3.8, 4) is 0 Å². The summed E-state index contributed by atoms with van der Waals surface area (Å²) in [7, 11) is 0. The number of para-hydroxylation sites is 1. The lowest BCUT2D eigenvalue weighted by atomic mass is 10.0. The molecule has 0 bridgehead atoms. The highest BCUT2D eigenvalue weighted by molar-refractivity contribution is 5.70. The molecule has 0 atom stereocenters. The van der Waals surface area contributed by atoms with Gasteiger partial charge in [-0.15, -0.1) is 5.11 Å². The van der Waals surface area contributed by atoms with Crippen molar-refractivity contribution in [2.75, 3.05) is 11.9 Å². The van der Waals surface area contributed by atoms with E-state index in [9.17, 15) is 0 Å². The topological polar surface area (TPSA) is 36.8 Å². The maximum atomic E-state index is 4.46. The first-order valence-electron chi connectivity index (χ1n) is 8.23. The highest BCUT2D eigenvalue weighted by Crippen LogP contribution is 2.31. The van der Waals surface area contributed by atoms with Crippen LogP contribution in [0.2, 0.25) is 0 Å². The summed E-state index contributed by atoms with van der Waals surface area (Å²) >= 11 is 0. The van der Waals surface area contributed by atoms with Gasteiger partial charge in [-0.05, 0) is 42.7 Å². The Bertz CT molecular complexity index is 796. The van der Waals surface area contributed by atoms with Gasteiger partial charge in [0.05, 0.1) is 11.4 Å². The number of hydrogen-bond acceptors (Lipinski definition) is 3. The van der Waals surface area contributed by atoms with Crippen LogP contribution in [0.15, 0.2) is 89.1 Å². The number of rotatable bonds is 6. The lowest BCUT2D eigenvalue weighted by molar-refractivity contribution is 1.13. The second-order valence-electron chi connectivity index (χ2n) is 5.54. The summed E-state index contributed by atoms with van der Waals surface area (Å²) in [5.74, 6) is 0. The molecule has 3 aromatic rings. The minimum absolute atomic E-state index is 0.847. The highest BCUT2D eigenvalue weighted by Gasteiger charge is 2.08. The van der Waals surface area contributed by atoms with Crippen LogP contribution in [0.25, 0.3) is 0 Å². The van der Waals surface area contributed by atoms with E-state index in [1.807, 2.05) is 48.5 Å². The number of benzene rings is 3. The molecule has 0 aliphatic heterocycles. The van der Waals surface area contributed by atoms with Crippen LogP contribution in [0.1, 0.15) is 18.1 Å². The fraction of sp³-hybridized carbons (Fsp3) is 0.143. The van der Waals surface area contributed by atoms with Crippen molar-refractivity contribution in [1.82, 2.24) is 0 Å². The zero-order valence-electron chi connectivity index (χ0n) is 13.8. The van der Waals surface area contributed by atoms with Gasteiger partial charge in [-0.25, -0.2) is 0 Å². The number of nitrogens with zero attached hydrogens (tertiary/aromatic N) is 2. The van der Waals surface area contributed by atoms with E-state index < -0.39 is 0 Å². The number of azo groups is 1. The molecule has 24 heavy (non-hydrogen) atoms. The van der Waals surface area contributed by atoms with E-state index in [-0.39, 0.29) is 0 Å². The molecule has 0 aliphatic rings. The van der Waals surface area contributed by atoms with Gasteiger partial charge in [0, 0.05) is 6.54 Å². The standard InChI is InChI=1S/C21H21N3/c1-2-22-21-18(16-17-10-5-3-6-11-17)12-9-15-20(21)24-23-19-13-7-4-8-14-19/h3-15,22H,2,16H2,1H3. The molecule has 1 N–H and O–H groups in total. The van der Waals surface area contributed by atoms with Gasteiger partial charge in [-0.3, -0.25) is 0 Å². The predicted molar refractivity (Wildman–Crippen MR) is 100 cm³/mol. The van der Waals surface area contributed by atoms with Gasteiger partial charge in [-0.1, -0.05) is 60.7 Å². The molecule has 0 radical (unpaired) electrons. The quantitative estimate of drug-likeness (QED) is 0.546. The molecule has 0 fully saturated rings. The molecule has 0 saturated heterocycles. The van der Waals surface area contributed by atoms with E-state index in [0.717, 1.165) is 30.0 Å². The molecule has 0 aliphatic carbocycles. The Labute approximate surface area is 143 Å². The van der Waals surface area contributed by atoms with Crippen LogP contribution in [0.4, 0.5) is 17.1 Å². The third-order valence-corrected chi connectivity index (χ3v) is 3.75. The molecular formula is C21H21N3. The monoisotopic (exact) mass is 315 g/mol. The van der Waals surface area contributed by atoms with E-state index in [1.54, 1.807) is 0 Å². The molecule has 120 valence electrons. The summed E-state index contributed by atoms with van der Waals surface area (Å²) in [5.41, 5.74) is 5.30. The number of hydrogen-bond donors (Lipinski definition) is 1. The van der Waals surface area contributed by atoms with Crippen molar-refractivity contribution >= 4 is 17.1 Å². The van der Waals surface area contributed by atoms with Gasteiger partial charge in [0.25, 0.3) is 0 Å². The largest absolute Gasteiger partial charge is 0.383 e. The number of nitrogens with one attached hydrogen (secondary N) is 1. The van der Waals surface area contributed by atoms with Gasteiger partial charge in [0.2, 0.25) is 0 Å². The maximum Gasteiger partial charge on any atom is 0.109 e. The molecule has 0 saturated carbocycles. The van der Waals surface area contributed by atoms with Crippen molar-refractivity contribution in [1.29, 1.82) is 0 Å². The fourth-order valence-electron chi connectivity index (χ4n) is 2.62. The second-order valence-corrected chi connectivity index (χ2v) is 5.54. The van der Waals surface area contributed by atoms with Crippen LogP contribution in [-0.2, 0) is 6.42 Å². The molecule has 0 heterocycles. The van der Waals surface area contributed by atoms with Crippen molar-refractivity contribution in [3.05, 3.63) is 90.0 Å². The van der Waals surface area contributed by atoms with Gasteiger partial charge >= 0.3 is 0 Å². The zero-order valence-corrected chi connectivity index (χ0v) is 13.8. The zero-order chi connectivity index (χ0) is 16.6. The van der Waals surface area contributed by atoms with Crippen LogP contribution >= 0.6 is 0 Å². The van der Waals surface area contributed by atoms with Crippen LogP contribution in [0, 0.1) is 0 Å². The first kappa shape index (κ1) is 15.9. The third kappa shape index (κ3) is 4.07. The van der Waals surface area contributed by atoms with E-state index >= 15 is 0 Å². The minimum atomic E-state index is 0.847. The molecule has 0 aromatic heterocycles. The molecule has 0 unspecified atom stereocenters. The molecule has 3 heteroatoms. The number of anilines is 1. The first-order valence-corrected chi connectivity index (χ1v) is 8.23. The summed E-state index contributed by atoms with van der Waals surface area (Å²) in [6, 6.07) is 26.5. The lowest BCUT2D eigenvalue weighted by Gasteiger charge is -2.13. The van der Waals surface area contributed by atoms with E-state index in [4.69, 9.17) is 0 Å². The maximum absolute atomic E-state index is 4.46. The van der Waals surface area contributed by atoms with Crippen LogP contribution in [0.5, 0.6) is 0 Å². The summed E-state index contributed by atoms with van der Waals surface area (Å²) in [5, 5.41) is 12.3. The van der Waals surface area contributed by atoms with E-state index in [1.165, 1.54) is 11.1 Å². The first-order chi connectivity index (χ1) is 11.9. The van der Waals surface area contributed by atoms with E-state index in [0.29, 0.717) is 0 Å². The van der Waals surface area contributed by atoms with Gasteiger partial charge in [0.1, 0.15) is 5.69 Å². The van der Waals surface area contributed by atoms with Crippen molar-refractivity contribution in [2.24, 2.45) is 10.2 Å². The van der Waals surface area contributed by atoms with Crippen LogP contribution < -0.4 is 5.32 Å². The Hall–Kier alpha value is -2.94. The smallest absolute Gasteiger partial charge is 0.109 e. The Morgan fingerprint density at radius 1 is 0.750 bits per heavy atom. The average Bonchev–Trinajstić information content (AvgIpc) is 2.64. The average molecular weight is 315 g/mol. The summed E-state index contributed by atoms with van der Waals surface area (Å²) in [6.07, 6.45) is 0.873. The normalized spacial score (nSPS) is 10.9. The molecule has 3 nitrogen and oxygen atoms in total. The molecule has 0 spiro atoms. The Morgan fingerprint density at radius 2 is 1.46 bits per heavy atom.